The highest BCUT2D eigenvalue weighted by atomic mass is 16.5. The van der Waals surface area contributed by atoms with E-state index in [2.05, 4.69) is 36.5 Å². The van der Waals surface area contributed by atoms with Gasteiger partial charge >= 0.3 is 5.97 Å². The Labute approximate surface area is 95.7 Å². The van der Waals surface area contributed by atoms with Crippen LogP contribution in [-0.4, -0.2) is 12.1 Å². The zero-order valence-corrected chi connectivity index (χ0v) is 9.37. The van der Waals surface area contributed by atoms with Crippen LogP contribution < -0.4 is 0 Å². The summed E-state index contributed by atoms with van der Waals surface area (Å²) in [5.74, 6) is 1.96. The summed E-state index contributed by atoms with van der Waals surface area (Å²) in [4.78, 5) is 11.1. The molecule has 3 aliphatic carbocycles. The molecule has 0 aromatic heterocycles. The van der Waals surface area contributed by atoms with Crippen LogP contribution in [0.2, 0.25) is 0 Å². The third-order valence-corrected chi connectivity index (χ3v) is 3.95. The molecule has 0 saturated carbocycles. The highest BCUT2D eigenvalue weighted by Gasteiger charge is 2.42. The molecule has 84 valence electrons. The molecule has 0 fully saturated rings. The normalized spacial score (nSPS) is 43.2. The van der Waals surface area contributed by atoms with E-state index in [1.165, 1.54) is 6.92 Å². The van der Waals surface area contributed by atoms with E-state index in [4.69, 9.17) is 4.74 Å². The number of ether oxygens (including phenoxy) is 1. The van der Waals surface area contributed by atoms with Crippen molar-refractivity contribution < 1.29 is 9.53 Å². The van der Waals surface area contributed by atoms with Crippen LogP contribution in [-0.2, 0) is 9.53 Å². The van der Waals surface area contributed by atoms with Crippen LogP contribution in [0.1, 0.15) is 13.3 Å². The molecule has 16 heavy (non-hydrogen) atoms. The maximum Gasteiger partial charge on any atom is 0.303 e. The smallest absolute Gasteiger partial charge is 0.303 e. The van der Waals surface area contributed by atoms with Gasteiger partial charge < -0.3 is 4.74 Å². The lowest BCUT2D eigenvalue weighted by Crippen LogP contribution is -2.35. The van der Waals surface area contributed by atoms with Crippen LogP contribution in [0.15, 0.2) is 36.5 Å². The molecule has 0 aliphatic heterocycles. The lowest BCUT2D eigenvalue weighted by molar-refractivity contribution is -0.147. The molecule has 5 atom stereocenters. The van der Waals surface area contributed by atoms with Gasteiger partial charge in [-0.2, -0.15) is 0 Å². The second kappa shape index (κ2) is 3.62. The van der Waals surface area contributed by atoms with E-state index in [0.717, 1.165) is 6.42 Å². The van der Waals surface area contributed by atoms with Gasteiger partial charge in [-0.3, -0.25) is 4.79 Å². The van der Waals surface area contributed by atoms with Crippen molar-refractivity contribution in [1.82, 2.24) is 0 Å². The quantitative estimate of drug-likeness (QED) is 0.497. The first-order chi connectivity index (χ1) is 7.75. The molecule has 0 saturated heterocycles. The summed E-state index contributed by atoms with van der Waals surface area (Å²) in [6.45, 7) is 1.49. The van der Waals surface area contributed by atoms with Crippen LogP contribution in [0, 0.1) is 23.7 Å². The molecular weight excluding hydrogens is 200 g/mol. The topological polar surface area (TPSA) is 26.3 Å². The lowest BCUT2D eigenvalue weighted by atomic mass is 9.69. The Morgan fingerprint density at radius 2 is 1.94 bits per heavy atom. The van der Waals surface area contributed by atoms with E-state index in [0.29, 0.717) is 23.7 Å². The summed E-state index contributed by atoms with van der Waals surface area (Å²) in [6, 6.07) is 0. The molecule has 0 aromatic carbocycles. The average molecular weight is 216 g/mol. The van der Waals surface area contributed by atoms with Gasteiger partial charge in [0.15, 0.2) is 0 Å². The van der Waals surface area contributed by atoms with Gasteiger partial charge in [0.05, 0.1) is 0 Å². The zero-order chi connectivity index (χ0) is 11.1. The molecule has 0 amide bonds. The van der Waals surface area contributed by atoms with E-state index in [-0.39, 0.29) is 12.1 Å². The van der Waals surface area contributed by atoms with E-state index < -0.39 is 0 Å². The molecule has 2 nitrogen and oxygen atoms in total. The first-order valence-corrected chi connectivity index (χ1v) is 5.96. The van der Waals surface area contributed by atoms with Gasteiger partial charge in [-0.15, -0.1) is 0 Å². The molecule has 0 N–H and O–H groups in total. The number of esters is 1. The van der Waals surface area contributed by atoms with Gasteiger partial charge in [-0.05, 0) is 24.3 Å². The zero-order valence-electron chi connectivity index (χ0n) is 9.37. The Balaban J connectivity index is 1.91. The standard InChI is InChI=1S/C14H16O2/c1-9(15)16-14-8-5-10-3-2-4-13(14)12-7-6-11(10)12/h2-3,5-8,10-14H,4H2,1H3/t10-,11+,12+,13-,14-/m1/s1. The van der Waals surface area contributed by atoms with Crippen molar-refractivity contribution in [1.29, 1.82) is 0 Å². The Kier molecular flexibility index (Phi) is 2.23. The fourth-order valence-corrected chi connectivity index (χ4v) is 3.10. The van der Waals surface area contributed by atoms with Crippen LogP contribution >= 0.6 is 0 Å². The van der Waals surface area contributed by atoms with E-state index in [9.17, 15) is 4.79 Å². The van der Waals surface area contributed by atoms with E-state index >= 15 is 0 Å². The summed E-state index contributed by atoms with van der Waals surface area (Å²) in [5, 5.41) is 0. The van der Waals surface area contributed by atoms with E-state index in [1.807, 2.05) is 0 Å². The van der Waals surface area contributed by atoms with Gasteiger partial charge in [0.2, 0.25) is 0 Å². The Hall–Kier alpha value is -1.31. The monoisotopic (exact) mass is 216 g/mol. The van der Waals surface area contributed by atoms with Gasteiger partial charge in [-0.25, -0.2) is 0 Å². The molecule has 3 aliphatic rings. The van der Waals surface area contributed by atoms with Crippen molar-refractivity contribution in [3.05, 3.63) is 36.5 Å². The molecule has 0 aromatic rings. The summed E-state index contributed by atoms with van der Waals surface area (Å²) in [5.41, 5.74) is 0. The van der Waals surface area contributed by atoms with Crippen LogP contribution in [0.3, 0.4) is 0 Å². The van der Waals surface area contributed by atoms with Crippen LogP contribution in [0.25, 0.3) is 0 Å². The number of carbonyl (C=O) groups excluding carboxylic acids is 1. The second-order valence-electron chi connectivity index (χ2n) is 4.90. The maximum atomic E-state index is 11.1. The van der Waals surface area contributed by atoms with Gasteiger partial charge in [0.25, 0.3) is 0 Å². The largest absolute Gasteiger partial charge is 0.458 e. The molecule has 0 heterocycles. The number of allylic oxidation sites excluding steroid dienone is 5. The lowest BCUT2D eigenvalue weighted by Gasteiger charge is -2.36. The summed E-state index contributed by atoms with van der Waals surface area (Å²) in [7, 11) is 0. The first kappa shape index (κ1) is 9.88. The van der Waals surface area contributed by atoms with Gasteiger partial charge in [-0.1, -0.05) is 30.4 Å². The summed E-state index contributed by atoms with van der Waals surface area (Å²) < 4.78 is 5.42. The minimum absolute atomic E-state index is 0.0371. The molecule has 0 radical (unpaired) electrons. The fourth-order valence-electron chi connectivity index (χ4n) is 3.10. The van der Waals surface area contributed by atoms with E-state index in [1.54, 1.807) is 0 Å². The molecule has 0 unspecified atom stereocenters. The van der Waals surface area contributed by atoms with Crippen LogP contribution in [0.5, 0.6) is 0 Å². The highest BCUT2D eigenvalue weighted by molar-refractivity contribution is 5.66. The van der Waals surface area contributed by atoms with Crippen molar-refractivity contribution in [3.63, 3.8) is 0 Å². The number of carbonyl (C=O) groups is 1. The van der Waals surface area contributed by atoms with Crippen molar-refractivity contribution in [2.24, 2.45) is 23.7 Å². The van der Waals surface area contributed by atoms with Gasteiger partial charge in [0.1, 0.15) is 6.10 Å². The Bertz CT molecular complexity index is 392. The first-order valence-electron chi connectivity index (χ1n) is 5.96. The minimum atomic E-state index is -0.178. The SMILES string of the molecule is CC(=O)O[C@@H]1C=C[C@H]2C=CC[C@@H]1[C@H]1C=C[C@@H]21. The average Bonchev–Trinajstić information content (AvgIpc) is 2.32. The molecule has 3 rings (SSSR count). The predicted octanol–water partition coefficient (Wildman–Crippen LogP) is 2.48. The van der Waals surface area contributed by atoms with Crippen molar-refractivity contribution >= 4 is 5.97 Å². The highest BCUT2D eigenvalue weighted by Crippen LogP contribution is 2.46. The van der Waals surface area contributed by atoms with Crippen molar-refractivity contribution in [2.75, 3.05) is 0 Å². The minimum Gasteiger partial charge on any atom is -0.458 e. The summed E-state index contributed by atoms with van der Waals surface area (Å²) >= 11 is 0. The third kappa shape index (κ3) is 1.44. The third-order valence-electron chi connectivity index (χ3n) is 3.95. The molecule has 2 heteroatoms. The summed E-state index contributed by atoms with van der Waals surface area (Å²) in [6.07, 6.45) is 14.4. The second-order valence-corrected chi connectivity index (χ2v) is 4.90. The Morgan fingerprint density at radius 1 is 1.12 bits per heavy atom. The van der Waals surface area contributed by atoms with Gasteiger partial charge in [0, 0.05) is 18.8 Å². The number of rotatable bonds is 1. The maximum absolute atomic E-state index is 11.1. The van der Waals surface area contributed by atoms with Crippen molar-refractivity contribution in [2.45, 2.75) is 19.4 Å². The molecule has 0 spiro atoms. The fraction of sp³-hybridized carbons (Fsp3) is 0.500. The molecular formula is C14H16O2. The predicted molar refractivity (Wildman–Crippen MR) is 61.6 cm³/mol. The Morgan fingerprint density at radius 3 is 2.62 bits per heavy atom. The van der Waals surface area contributed by atoms with Crippen molar-refractivity contribution in [3.8, 4) is 0 Å². The number of hydrogen-bond donors (Lipinski definition) is 0. The molecule has 2 bridgehead atoms. The van der Waals surface area contributed by atoms with Crippen LogP contribution in [0.4, 0.5) is 0 Å². The number of hydrogen-bond acceptors (Lipinski definition) is 2.